The zero-order chi connectivity index (χ0) is 13.3. The van der Waals surface area contributed by atoms with Crippen LogP contribution in [0.3, 0.4) is 0 Å². The molecule has 6 heteroatoms. The van der Waals surface area contributed by atoms with Gasteiger partial charge in [0.15, 0.2) is 0 Å². The molecule has 2 amide bonds. The van der Waals surface area contributed by atoms with Crippen LogP contribution in [0.15, 0.2) is 18.2 Å². The Morgan fingerprint density at radius 3 is 2.78 bits per heavy atom. The van der Waals surface area contributed by atoms with Crippen LogP contribution in [0.1, 0.15) is 16.8 Å². The lowest BCUT2D eigenvalue weighted by Crippen LogP contribution is -2.31. The summed E-state index contributed by atoms with van der Waals surface area (Å²) in [5, 5.41) is 3.05. The third-order valence-corrected chi connectivity index (χ3v) is 3.07. The van der Waals surface area contributed by atoms with E-state index in [-0.39, 0.29) is 11.9 Å². The van der Waals surface area contributed by atoms with Crippen LogP contribution in [-0.4, -0.2) is 36.3 Å². The minimum atomic E-state index is -0.566. The Bertz CT molecular complexity index is 501. The molecule has 5 N–H and O–H groups in total. The van der Waals surface area contributed by atoms with Gasteiger partial charge in [0.05, 0.1) is 5.56 Å². The number of nitrogens with zero attached hydrogens (tertiary/aromatic N) is 1. The Kier molecular flexibility index (Phi) is 3.10. The van der Waals surface area contributed by atoms with E-state index in [0.29, 0.717) is 29.9 Å². The number of hydrogen-bond acceptors (Lipinski definition) is 4. The number of nitrogens with two attached hydrogens (primary N) is 2. The van der Waals surface area contributed by atoms with E-state index in [1.807, 2.05) is 0 Å². The second-order valence-corrected chi connectivity index (χ2v) is 4.41. The molecule has 1 aromatic rings. The molecule has 0 saturated carbocycles. The zero-order valence-corrected chi connectivity index (χ0v) is 10.1. The predicted molar refractivity (Wildman–Crippen MR) is 69.0 cm³/mol. The van der Waals surface area contributed by atoms with Gasteiger partial charge >= 0.3 is 0 Å². The van der Waals surface area contributed by atoms with Crippen molar-refractivity contribution in [2.24, 2.45) is 5.73 Å². The molecule has 0 radical (unpaired) electrons. The van der Waals surface area contributed by atoms with Crippen LogP contribution >= 0.6 is 0 Å². The average molecular weight is 248 g/mol. The summed E-state index contributed by atoms with van der Waals surface area (Å²) < 4.78 is 0. The van der Waals surface area contributed by atoms with Gasteiger partial charge < -0.3 is 21.7 Å². The monoisotopic (exact) mass is 248 g/mol. The summed E-state index contributed by atoms with van der Waals surface area (Å²) in [6.45, 7) is 0.706. The van der Waals surface area contributed by atoms with Crippen LogP contribution in [0.4, 0.5) is 11.4 Å². The largest absolute Gasteiger partial charge is 0.399 e. The van der Waals surface area contributed by atoms with Crippen LogP contribution in [0.2, 0.25) is 0 Å². The van der Waals surface area contributed by atoms with Crippen LogP contribution in [0.5, 0.6) is 0 Å². The van der Waals surface area contributed by atoms with Crippen molar-refractivity contribution < 1.29 is 9.59 Å². The first kappa shape index (κ1) is 12.2. The van der Waals surface area contributed by atoms with Gasteiger partial charge in [-0.25, -0.2) is 0 Å². The Balaban J connectivity index is 2.24. The number of primary amides is 1. The smallest absolute Gasteiger partial charge is 0.250 e. The van der Waals surface area contributed by atoms with Gasteiger partial charge in [-0.1, -0.05) is 0 Å². The van der Waals surface area contributed by atoms with Crippen molar-refractivity contribution in [2.45, 2.75) is 12.5 Å². The molecule has 0 spiro atoms. The van der Waals surface area contributed by atoms with Crippen molar-refractivity contribution >= 4 is 23.2 Å². The Morgan fingerprint density at radius 2 is 2.22 bits per heavy atom. The maximum absolute atomic E-state index is 11.8. The van der Waals surface area contributed by atoms with E-state index >= 15 is 0 Å². The number of benzene rings is 1. The number of likely N-dealkylation sites (N-methyl/N-ethyl adjacent to an activating group) is 1. The van der Waals surface area contributed by atoms with Crippen LogP contribution in [-0.2, 0) is 4.79 Å². The van der Waals surface area contributed by atoms with Gasteiger partial charge in [0, 0.05) is 25.0 Å². The summed E-state index contributed by atoms with van der Waals surface area (Å²) in [6.07, 6.45) is 0.706. The Labute approximate surface area is 105 Å². The molecule has 18 heavy (non-hydrogen) atoms. The van der Waals surface area contributed by atoms with Gasteiger partial charge in [0.25, 0.3) is 5.91 Å². The van der Waals surface area contributed by atoms with Gasteiger partial charge in [-0.05, 0) is 24.6 Å². The third kappa shape index (κ3) is 2.22. The number of amides is 2. The molecule has 1 aliphatic rings. The number of nitrogens with one attached hydrogen (secondary N) is 1. The molecular weight excluding hydrogens is 232 g/mol. The second-order valence-electron chi connectivity index (χ2n) is 4.41. The highest BCUT2D eigenvalue weighted by atomic mass is 16.2. The summed E-state index contributed by atoms with van der Waals surface area (Å²) in [4.78, 5) is 24.8. The average Bonchev–Trinajstić information content (AvgIpc) is 2.63. The van der Waals surface area contributed by atoms with E-state index in [1.54, 1.807) is 24.1 Å². The van der Waals surface area contributed by atoms with Crippen molar-refractivity contribution in [3.63, 3.8) is 0 Å². The van der Waals surface area contributed by atoms with E-state index in [9.17, 15) is 9.59 Å². The van der Waals surface area contributed by atoms with Crippen molar-refractivity contribution in [1.29, 1.82) is 0 Å². The highest BCUT2D eigenvalue weighted by Crippen LogP contribution is 2.22. The first-order chi connectivity index (χ1) is 8.49. The molecule has 2 rings (SSSR count). The molecule has 1 atom stereocenters. The summed E-state index contributed by atoms with van der Waals surface area (Å²) in [5.41, 5.74) is 12.2. The topological polar surface area (TPSA) is 101 Å². The van der Waals surface area contributed by atoms with Gasteiger partial charge in [0.2, 0.25) is 5.91 Å². The van der Waals surface area contributed by atoms with E-state index in [2.05, 4.69) is 5.32 Å². The number of nitrogen functional groups attached to an aromatic ring is 1. The van der Waals surface area contributed by atoms with E-state index in [0.717, 1.165) is 0 Å². The van der Waals surface area contributed by atoms with Gasteiger partial charge in [-0.2, -0.15) is 0 Å². The lowest BCUT2D eigenvalue weighted by Gasteiger charge is -2.15. The Morgan fingerprint density at radius 1 is 1.50 bits per heavy atom. The molecule has 0 aliphatic carbocycles. The summed E-state index contributed by atoms with van der Waals surface area (Å²) in [6, 6.07) is 4.53. The van der Waals surface area contributed by atoms with Gasteiger partial charge in [0.1, 0.15) is 6.04 Å². The SMILES string of the molecule is CN1CCC(Nc2ccc(N)cc2C(N)=O)C1=O. The normalized spacial score (nSPS) is 19.1. The zero-order valence-electron chi connectivity index (χ0n) is 10.1. The highest BCUT2D eigenvalue weighted by Gasteiger charge is 2.29. The maximum Gasteiger partial charge on any atom is 0.250 e. The molecule has 0 bridgehead atoms. The van der Waals surface area contributed by atoms with Crippen LogP contribution in [0.25, 0.3) is 0 Å². The number of carbonyl (C=O) groups excluding carboxylic acids is 2. The lowest BCUT2D eigenvalue weighted by molar-refractivity contribution is -0.127. The number of rotatable bonds is 3. The minimum absolute atomic E-state index is 0.0160. The summed E-state index contributed by atoms with van der Waals surface area (Å²) in [7, 11) is 1.75. The quantitative estimate of drug-likeness (QED) is 0.656. The van der Waals surface area contributed by atoms with E-state index < -0.39 is 5.91 Å². The van der Waals surface area contributed by atoms with Crippen LogP contribution in [0, 0.1) is 0 Å². The number of likely N-dealkylation sites (tertiary alicyclic amines) is 1. The van der Waals surface area contributed by atoms with Crippen molar-refractivity contribution in [2.75, 3.05) is 24.6 Å². The molecule has 1 aromatic carbocycles. The molecule has 96 valence electrons. The van der Waals surface area contributed by atoms with Crippen LogP contribution < -0.4 is 16.8 Å². The fourth-order valence-electron chi connectivity index (χ4n) is 2.04. The molecule has 1 unspecified atom stereocenters. The van der Waals surface area contributed by atoms with Crippen molar-refractivity contribution in [3.8, 4) is 0 Å². The molecule has 1 saturated heterocycles. The molecular formula is C12H16N4O2. The van der Waals surface area contributed by atoms with E-state index in [1.165, 1.54) is 6.07 Å². The minimum Gasteiger partial charge on any atom is -0.399 e. The lowest BCUT2D eigenvalue weighted by atomic mass is 10.1. The number of carbonyl (C=O) groups is 2. The number of anilines is 2. The molecule has 1 fully saturated rings. The highest BCUT2D eigenvalue weighted by molar-refractivity contribution is 6.00. The molecule has 0 aromatic heterocycles. The van der Waals surface area contributed by atoms with Crippen molar-refractivity contribution in [1.82, 2.24) is 4.90 Å². The summed E-state index contributed by atoms with van der Waals surface area (Å²) >= 11 is 0. The second kappa shape index (κ2) is 4.56. The fraction of sp³-hybridized carbons (Fsp3) is 0.333. The number of hydrogen-bond donors (Lipinski definition) is 3. The van der Waals surface area contributed by atoms with Gasteiger partial charge in [-0.3, -0.25) is 9.59 Å². The molecule has 1 aliphatic heterocycles. The third-order valence-electron chi connectivity index (χ3n) is 3.07. The van der Waals surface area contributed by atoms with Crippen molar-refractivity contribution in [3.05, 3.63) is 23.8 Å². The standard InChI is InChI=1S/C12H16N4O2/c1-16-5-4-10(12(16)18)15-9-3-2-7(13)6-8(9)11(14)17/h2-3,6,10,15H,4-5,13H2,1H3,(H2,14,17). The van der Waals surface area contributed by atoms with E-state index in [4.69, 9.17) is 11.5 Å². The maximum atomic E-state index is 11.8. The Hall–Kier alpha value is -2.24. The molecule has 6 nitrogen and oxygen atoms in total. The predicted octanol–water partition coefficient (Wildman–Crippen LogP) is 0.0103. The summed E-state index contributed by atoms with van der Waals surface area (Å²) in [5.74, 6) is -0.550. The first-order valence-corrected chi connectivity index (χ1v) is 5.70. The fourth-order valence-corrected chi connectivity index (χ4v) is 2.04. The first-order valence-electron chi connectivity index (χ1n) is 5.70. The molecule has 1 heterocycles. The van der Waals surface area contributed by atoms with Gasteiger partial charge in [-0.15, -0.1) is 0 Å².